The number of fused-ring (bicyclic) bond motifs is 1. The number of hydrogen-bond acceptors (Lipinski definition) is 4. The van der Waals surface area contributed by atoms with Crippen LogP contribution in [0.3, 0.4) is 0 Å². The zero-order valence-corrected chi connectivity index (χ0v) is 22.7. The summed E-state index contributed by atoms with van der Waals surface area (Å²) in [5, 5.41) is 11.5. The summed E-state index contributed by atoms with van der Waals surface area (Å²) in [5.74, 6) is 1.00. The van der Waals surface area contributed by atoms with Gasteiger partial charge in [0.1, 0.15) is 17.1 Å². The summed E-state index contributed by atoms with van der Waals surface area (Å²) in [4.78, 5) is 14.3. The molecule has 0 unspecified atom stereocenters. The highest BCUT2D eigenvalue weighted by Gasteiger charge is 2.27. The van der Waals surface area contributed by atoms with E-state index in [0.29, 0.717) is 0 Å². The van der Waals surface area contributed by atoms with Crippen LogP contribution in [0.2, 0.25) is 0 Å². The van der Waals surface area contributed by atoms with Gasteiger partial charge >= 0.3 is 0 Å². The van der Waals surface area contributed by atoms with Gasteiger partial charge in [-0.05, 0) is 46.7 Å². The predicted octanol–water partition coefficient (Wildman–Crippen LogP) is 7.66. The third-order valence-corrected chi connectivity index (χ3v) is 6.92. The number of rotatable bonds is 3. The van der Waals surface area contributed by atoms with E-state index in [9.17, 15) is 5.11 Å². The number of aromatic nitrogens is 4. The highest BCUT2D eigenvalue weighted by molar-refractivity contribution is 5.93. The summed E-state index contributed by atoms with van der Waals surface area (Å²) >= 11 is 0. The maximum absolute atomic E-state index is 11.5. The standard InChI is InChI=1S/C32H34N4O/c1-31(2,3)22-18-23(29(37)24(19-22)32(4,5)6)30-35-28-26(36(30)7)14-16-34-27(28)21-12-10-11-20(17-21)25-13-8-9-15-33-25/h8-19,37H,1-7H3. The van der Waals surface area contributed by atoms with Crippen LogP contribution >= 0.6 is 0 Å². The number of benzene rings is 2. The molecule has 1 N–H and O–H groups in total. The lowest BCUT2D eigenvalue weighted by molar-refractivity contribution is 0.446. The fraction of sp³-hybridized carbons (Fsp3) is 0.281. The molecule has 2 aromatic carbocycles. The molecule has 5 heteroatoms. The van der Waals surface area contributed by atoms with Crippen LogP contribution in [-0.4, -0.2) is 24.6 Å². The first-order chi connectivity index (χ1) is 17.4. The van der Waals surface area contributed by atoms with Crippen LogP contribution in [0, 0.1) is 0 Å². The number of hydrogen-bond donors (Lipinski definition) is 1. The third kappa shape index (κ3) is 4.50. The van der Waals surface area contributed by atoms with Gasteiger partial charge < -0.3 is 9.67 Å². The maximum Gasteiger partial charge on any atom is 0.144 e. The summed E-state index contributed by atoms with van der Waals surface area (Å²) in [6.45, 7) is 13.0. The highest BCUT2D eigenvalue weighted by Crippen LogP contribution is 2.42. The number of aromatic hydroxyl groups is 1. The second-order valence-corrected chi connectivity index (χ2v) is 11.7. The van der Waals surface area contributed by atoms with E-state index in [0.717, 1.165) is 50.5 Å². The Labute approximate surface area is 218 Å². The van der Waals surface area contributed by atoms with Crippen LogP contribution in [0.4, 0.5) is 0 Å². The molecule has 3 aromatic heterocycles. The first-order valence-electron chi connectivity index (χ1n) is 12.7. The van der Waals surface area contributed by atoms with E-state index >= 15 is 0 Å². The average Bonchev–Trinajstić information content (AvgIpc) is 3.19. The van der Waals surface area contributed by atoms with Gasteiger partial charge in [-0.15, -0.1) is 0 Å². The summed E-state index contributed by atoms with van der Waals surface area (Å²) in [5.41, 5.74) is 8.01. The Bertz CT molecular complexity index is 1600. The second-order valence-electron chi connectivity index (χ2n) is 11.7. The first kappa shape index (κ1) is 24.7. The Kier molecular flexibility index (Phi) is 5.90. The van der Waals surface area contributed by atoms with Crippen LogP contribution in [0.5, 0.6) is 5.75 Å². The smallest absolute Gasteiger partial charge is 0.144 e. The number of phenolic OH excluding ortho intramolecular Hbond substituents is 1. The predicted molar refractivity (Wildman–Crippen MR) is 152 cm³/mol. The summed E-state index contributed by atoms with van der Waals surface area (Å²) in [7, 11) is 2.00. The Morgan fingerprint density at radius 2 is 1.51 bits per heavy atom. The largest absolute Gasteiger partial charge is 0.507 e. The molecule has 3 heterocycles. The molecular weight excluding hydrogens is 456 g/mol. The van der Waals surface area contributed by atoms with E-state index in [4.69, 9.17) is 9.97 Å². The lowest BCUT2D eigenvalue weighted by Crippen LogP contribution is -2.17. The van der Waals surface area contributed by atoms with E-state index in [1.807, 2.05) is 43.6 Å². The molecule has 0 atom stereocenters. The number of pyridine rings is 2. The van der Waals surface area contributed by atoms with Crippen molar-refractivity contribution in [3.8, 4) is 39.7 Å². The molecule has 0 fully saturated rings. The lowest BCUT2D eigenvalue weighted by atomic mass is 9.79. The molecule has 0 radical (unpaired) electrons. The van der Waals surface area contributed by atoms with Crippen molar-refractivity contribution < 1.29 is 5.11 Å². The van der Waals surface area contributed by atoms with Gasteiger partial charge in [-0.25, -0.2) is 4.98 Å². The van der Waals surface area contributed by atoms with Gasteiger partial charge in [0, 0.05) is 36.1 Å². The maximum atomic E-state index is 11.5. The first-order valence-corrected chi connectivity index (χ1v) is 12.7. The number of nitrogens with zero attached hydrogens (tertiary/aromatic N) is 4. The molecule has 0 bridgehead atoms. The number of imidazole rings is 1. The SMILES string of the molecule is Cn1c(-c2cc(C(C)(C)C)cc(C(C)(C)C)c2O)nc2c(-c3cccc(-c4ccccn4)c3)nccc21. The average molecular weight is 491 g/mol. The Morgan fingerprint density at radius 1 is 0.757 bits per heavy atom. The van der Waals surface area contributed by atoms with Gasteiger partial charge in [-0.2, -0.15) is 0 Å². The molecule has 0 amide bonds. The molecule has 188 valence electrons. The summed E-state index contributed by atoms with van der Waals surface area (Å²) in [6, 6.07) is 20.3. The zero-order valence-electron chi connectivity index (χ0n) is 22.7. The third-order valence-electron chi connectivity index (χ3n) is 6.92. The van der Waals surface area contributed by atoms with E-state index in [1.54, 1.807) is 6.20 Å². The second kappa shape index (κ2) is 8.84. The fourth-order valence-electron chi connectivity index (χ4n) is 4.74. The van der Waals surface area contributed by atoms with Crippen LogP contribution < -0.4 is 0 Å². The molecule has 0 saturated heterocycles. The molecule has 0 aliphatic carbocycles. The van der Waals surface area contributed by atoms with Gasteiger partial charge in [0.05, 0.1) is 22.5 Å². The Morgan fingerprint density at radius 3 is 2.19 bits per heavy atom. The van der Waals surface area contributed by atoms with Crippen LogP contribution in [-0.2, 0) is 17.9 Å². The molecule has 0 saturated carbocycles. The topological polar surface area (TPSA) is 63.8 Å². The van der Waals surface area contributed by atoms with Crippen molar-refractivity contribution in [3.05, 3.63) is 84.2 Å². The molecule has 0 aliphatic rings. The molecule has 0 spiro atoms. The van der Waals surface area contributed by atoms with Crippen molar-refractivity contribution in [2.75, 3.05) is 0 Å². The Hall–Kier alpha value is -3.99. The molecule has 37 heavy (non-hydrogen) atoms. The molecular formula is C32H34N4O. The van der Waals surface area contributed by atoms with Gasteiger partial charge in [-0.1, -0.05) is 71.9 Å². The van der Waals surface area contributed by atoms with Crippen molar-refractivity contribution in [1.82, 2.24) is 19.5 Å². The minimum atomic E-state index is -0.219. The number of phenols is 1. The van der Waals surface area contributed by atoms with Gasteiger partial charge in [0.15, 0.2) is 0 Å². The monoisotopic (exact) mass is 490 g/mol. The lowest BCUT2D eigenvalue weighted by Gasteiger charge is -2.27. The van der Waals surface area contributed by atoms with E-state index in [-0.39, 0.29) is 16.6 Å². The van der Waals surface area contributed by atoms with Crippen LogP contribution in [0.25, 0.3) is 44.9 Å². The van der Waals surface area contributed by atoms with Crippen molar-refractivity contribution in [1.29, 1.82) is 0 Å². The minimum Gasteiger partial charge on any atom is -0.507 e. The van der Waals surface area contributed by atoms with E-state index in [2.05, 4.69) is 81.4 Å². The van der Waals surface area contributed by atoms with Crippen molar-refractivity contribution >= 4 is 11.0 Å². The molecule has 5 aromatic rings. The normalized spacial score (nSPS) is 12.3. The van der Waals surface area contributed by atoms with Crippen LogP contribution in [0.1, 0.15) is 52.7 Å². The Balaban J connectivity index is 1.73. The molecule has 5 nitrogen and oxygen atoms in total. The van der Waals surface area contributed by atoms with Gasteiger partial charge in [0.2, 0.25) is 0 Å². The van der Waals surface area contributed by atoms with Crippen molar-refractivity contribution in [3.63, 3.8) is 0 Å². The summed E-state index contributed by atoms with van der Waals surface area (Å²) in [6.07, 6.45) is 3.62. The number of aryl methyl sites for hydroxylation is 1. The zero-order chi connectivity index (χ0) is 26.5. The fourth-order valence-corrected chi connectivity index (χ4v) is 4.74. The minimum absolute atomic E-state index is 0.0777. The van der Waals surface area contributed by atoms with Crippen LogP contribution in [0.15, 0.2) is 73.1 Å². The van der Waals surface area contributed by atoms with E-state index in [1.165, 1.54) is 5.56 Å². The van der Waals surface area contributed by atoms with Crippen molar-refractivity contribution in [2.45, 2.75) is 52.4 Å². The van der Waals surface area contributed by atoms with Gasteiger partial charge in [-0.3, -0.25) is 9.97 Å². The summed E-state index contributed by atoms with van der Waals surface area (Å²) < 4.78 is 2.05. The van der Waals surface area contributed by atoms with E-state index < -0.39 is 0 Å². The highest BCUT2D eigenvalue weighted by atomic mass is 16.3. The quantitative estimate of drug-likeness (QED) is 0.282. The molecule has 0 aliphatic heterocycles. The molecule has 5 rings (SSSR count). The van der Waals surface area contributed by atoms with Gasteiger partial charge in [0.25, 0.3) is 0 Å². The van der Waals surface area contributed by atoms with Crippen molar-refractivity contribution in [2.24, 2.45) is 7.05 Å².